The van der Waals surface area contributed by atoms with Crippen molar-refractivity contribution in [3.8, 4) is 11.5 Å². The second-order valence-electron chi connectivity index (χ2n) is 8.41. The number of anilines is 1. The van der Waals surface area contributed by atoms with Gasteiger partial charge in [0, 0.05) is 30.8 Å². The third-order valence-electron chi connectivity index (χ3n) is 6.03. The summed E-state index contributed by atoms with van der Waals surface area (Å²) in [6.45, 7) is 4.67. The van der Waals surface area contributed by atoms with Crippen molar-refractivity contribution >= 4 is 33.0 Å². The first-order chi connectivity index (χ1) is 16.3. The van der Waals surface area contributed by atoms with Crippen LogP contribution in [0.15, 0.2) is 41.3 Å². The average molecular weight is 501 g/mol. The van der Waals surface area contributed by atoms with Crippen LogP contribution in [0.2, 0.25) is 0 Å². The van der Waals surface area contributed by atoms with E-state index in [1.807, 2.05) is 26.0 Å². The summed E-state index contributed by atoms with van der Waals surface area (Å²) in [6.07, 6.45) is 1.25. The Hall–Kier alpha value is -3.02. The van der Waals surface area contributed by atoms with Crippen molar-refractivity contribution in [3.63, 3.8) is 0 Å². The molecule has 2 aromatic carbocycles. The van der Waals surface area contributed by atoms with Gasteiger partial charge in [-0.15, -0.1) is 10.2 Å². The van der Waals surface area contributed by atoms with Gasteiger partial charge in [-0.3, -0.25) is 4.79 Å². The van der Waals surface area contributed by atoms with Crippen LogP contribution in [0.4, 0.5) is 5.69 Å². The summed E-state index contributed by atoms with van der Waals surface area (Å²) in [6, 6.07) is 10.7. The van der Waals surface area contributed by atoms with E-state index in [0.29, 0.717) is 48.0 Å². The van der Waals surface area contributed by atoms with Crippen molar-refractivity contribution in [1.29, 1.82) is 0 Å². The summed E-state index contributed by atoms with van der Waals surface area (Å²) in [7, 11) is -3.55. The van der Waals surface area contributed by atoms with Gasteiger partial charge in [0.15, 0.2) is 11.5 Å². The van der Waals surface area contributed by atoms with Crippen molar-refractivity contribution in [2.75, 3.05) is 25.2 Å². The number of aryl methyl sites for hydroxylation is 2. The minimum atomic E-state index is -3.55. The molecule has 0 atom stereocenters. The topological polar surface area (TPSA) is 111 Å². The van der Waals surface area contributed by atoms with Gasteiger partial charge in [-0.05, 0) is 56.0 Å². The van der Waals surface area contributed by atoms with Crippen molar-refractivity contribution in [1.82, 2.24) is 14.5 Å². The SMILES string of the molecule is Cc1ccc(C)c(S(=O)(=O)N2CCC(c3nnc(C(=O)Nc4ccc5c(c4)OCO5)s3)CC2)c1. The number of carbonyl (C=O) groups excluding carboxylic acids is 1. The highest BCUT2D eigenvalue weighted by atomic mass is 32.2. The monoisotopic (exact) mass is 500 g/mol. The maximum absolute atomic E-state index is 13.2. The summed E-state index contributed by atoms with van der Waals surface area (Å²) in [5, 5.41) is 12.1. The fourth-order valence-electron chi connectivity index (χ4n) is 4.12. The van der Waals surface area contributed by atoms with Gasteiger partial charge in [0.1, 0.15) is 5.01 Å². The summed E-state index contributed by atoms with van der Waals surface area (Å²) < 4.78 is 38.5. The normalized spacial score (nSPS) is 16.5. The molecule has 0 aliphatic carbocycles. The van der Waals surface area contributed by atoms with Crippen LogP contribution in [-0.2, 0) is 10.0 Å². The fourth-order valence-corrected chi connectivity index (χ4v) is 6.80. The maximum atomic E-state index is 13.2. The van der Waals surface area contributed by atoms with Crippen LogP contribution < -0.4 is 14.8 Å². The van der Waals surface area contributed by atoms with Gasteiger partial charge < -0.3 is 14.8 Å². The lowest BCUT2D eigenvalue weighted by Crippen LogP contribution is -2.38. The number of hydrogen-bond donors (Lipinski definition) is 1. The third-order valence-corrected chi connectivity index (χ3v) is 9.16. The first-order valence-corrected chi connectivity index (χ1v) is 13.2. The molecule has 11 heteroatoms. The van der Waals surface area contributed by atoms with Crippen molar-refractivity contribution in [3.05, 3.63) is 57.5 Å². The first kappa shape index (κ1) is 22.8. The largest absolute Gasteiger partial charge is 0.454 e. The minimum Gasteiger partial charge on any atom is -0.454 e. The zero-order valence-electron chi connectivity index (χ0n) is 18.8. The van der Waals surface area contributed by atoms with E-state index in [2.05, 4.69) is 15.5 Å². The number of ether oxygens (including phenoxy) is 2. The second kappa shape index (κ2) is 8.97. The van der Waals surface area contributed by atoms with E-state index in [0.717, 1.165) is 16.1 Å². The van der Waals surface area contributed by atoms with Crippen LogP contribution in [0.25, 0.3) is 0 Å². The predicted molar refractivity (Wildman–Crippen MR) is 127 cm³/mol. The van der Waals surface area contributed by atoms with E-state index in [-0.39, 0.29) is 23.6 Å². The van der Waals surface area contributed by atoms with Crippen LogP contribution in [0.3, 0.4) is 0 Å². The van der Waals surface area contributed by atoms with Crippen molar-refractivity contribution in [2.24, 2.45) is 0 Å². The Kier molecular flexibility index (Phi) is 6.00. The van der Waals surface area contributed by atoms with Gasteiger partial charge >= 0.3 is 0 Å². The summed E-state index contributed by atoms with van der Waals surface area (Å²) in [5.74, 6) is 0.938. The van der Waals surface area contributed by atoms with Gasteiger partial charge in [-0.2, -0.15) is 4.31 Å². The standard InChI is InChI=1S/C23H24N4O5S2/c1-14-3-4-15(2)20(11-14)34(29,30)27-9-7-16(8-10-27)22-25-26-23(33-22)21(28)24-17-5-6-18-19(12-17)32-13-31-18/h3-6,11-12,16H,7-10,13H2,1-2H3,(H,24,28). The molecule has 2 aliphatic rings. The Morgan fingerprint density at radius 3 is 2.62 bits per heavy atom. The van der Waals surface area contributed by atoms with Crippen molar-refractivity contribution in [2.45, 2.75) is 37.5 Å². The lowest BCUT2D eigenvalue weighted by atomic mass is 9.99. The summed E-state index contributed by atoms with van der Waals surface area (Å²) in [5.41, 5.74) is 2.24. The number of nitrogens with one attached hydrogen (secondary N) is 1. The number of nitrogens with zero attached hydrogens (tertiary/aromatic N) is 3. The quantitative estimate of drug-likeness (QED) is 0.569. The molecule has 1 aromatic heterocycles. The highest BCUT2D eigenvalue weighted by Gasteiger charge is 2.32. The molecular weight excluding hydrogens is 476 g/mol. The molecule has 1 amide bonds. The van der Waals surface area contributed by atoms with Gasteiger partial charge in [0.25, 0.3) is 5.91 Å². The predicted octanol–water partition coefficient (Wildman–Crippen LogP) is 3.70. The van der Waals surface area contributed by atoms with Gasteiger partial charge in [0.05, 0.1) is 4.90 Å². The zero-order chi connectivity index (χ0) is 23.9. The zero-order valence-corrected chi connectivity index (χ0v) is 20.4. The maximum Gasteiger partial charge on any atom is 0.286 e. The number of fused-ring (bicyclic) bond motifs is 1. The molecule has 0 bridgehead atoms. The molecule has 5 rings (SSSR count). The number of benzene rings is 2. The molecule has 34 heavy (non-hydrogen) atoms. The Morgan fingerprint density at radius 2 is 1.82 bits per heavy atom. The Labute approximate surface area is 201 Å². The highest BCUT2D eigenvalue weighted by molar-refractivity contribution is 7.89. The molecular formula is C23H24N4O5S2. The van der Waals surface area contributed by atoms with E-state index in [9.17, 15) is 13.2 Å². The van der Waals surface area contributed by atoms with E-state index >= 15 is 0 Å². The van der Waals surface area contributed by atoms with E-state index in [1.165, 1.54) is 11.3 Å². The molecule has 0 radical (unpaired) electrons. The number of piperidine rings is 1. The molecule has 2 aliphatic heterocycles. The molecule has 1 saturated heterocycles. The molecule has 3 aromatic rings. The van der Waals surface area contributed by atoms with Crippen LogP contribution in [-0.4, -0.2) is 48.7 Å². The highest BCUT2D eigenvalue weighted by Crippen LogP contribution is 2.35. The number of amides is 1. The van der Waals surface area contributed by atoms with Crippen LogP contribution >= 0.6 is 11.3 Å². The van der Waals surface area contributed by atoms with E-state index in [4.69, 9.17) is 9.47 Å². The fraction of sp³-hybridized carbons (Fsp3) is 0.348. The van der Waals surface area contributed by atoms with Crippen LogP contribution in [0, 0.1) is 13.8 Å². The lowest BCUT2D eigenvalue weighted by Gasteiger charge is -2.30. The minimum absolute atomic E-state index is 0.0645. The average Bonchev–Trinajstić information content (AvgIpc) is 3.50. The number of carbonyl (C=O) groups is 1. The van der Waals surface area contributed by atoms with Gasteiger partial charge in [0.2, 0.25) is 21.8 Å². The molecule has 1 N–H and O–H groups in total. The summed E-state index contributed by atoms with van der Waals surface area (Å²) >= 11 is 1.24. The molecule has 0 spiro atoms. The number of rotatable bonds is 5. The van der Waals surface area contributed by atoms with Crippen molar-refractivity contribution < 1.29 is 22.7 Å². The van der Waals surface area contributed by atoms with Gasteiger partial charge in [-0.25, -0.2) is 8.42 Å². The molecule has 1 fully saturated rings. The smallest absolute Gasteiger partial charge is 0.286 e. The number of sulfonamides is 1. The first-order valence-electron chi connectivity index (χ1n) is 10.9. The lowest BCUT2D eigenvalue weighted by molar-refractivity contribution is 0.102. The molecule has 3 heterocycles. The van der Waals surface area contributed by atoms with Crippen LogP contribution in [0.1, 0.15) is 44.7 Å². The number of aromatic nitrogens is 2. The second-order valence-corrected chi connectivity index (χ2v) is 11.3. The number of hydrogen-bond acceptors (Lipinski definition) is 8. The van der Waals surface area contributed by atoms with Crippen LogP contribution in [0.5, 0.6) is 11.5 Å². The van der Waals surface area contributed by atoms with Gasteiger partial charge in [-0.1, -0.05) is 23.5 Å². The Balaban J connectivity index is 1.23. The van der Waals surface area contributed by atoms with E-state index < -0.39 is 10.0 Å². The molecule has 9 nitrogen and oxygen atoms in total. The molecule has 0 saturated carbocycles. The molecule has 178 valence electrons. The third kappa shape index (κ3) is 4.38. The Bertz CT molecular complexity index is 1350. The van der Waals surface area contributed by atoms with E-state index in [1.54, 1.807) is 28.6 Å². The Morgan fingerprint density at radius 1 is 1.06 bits per heavy atom. The summed E-state index contributed by atoms with van der Waals surface area (Å²) in [4.78, 5) is 13.0. The molecule has 0 unspecified atom stereocenters.